The summed E-state index contributed by atoms with van der Waals surface area (Å²) >= 11 is 4.28. The quantitative estimate of drug-likeness (QED) is 0.157. The largest absolute Gasteiger partial charge is 0.507 e. The molecule has 0 aromatic heterocycles. The first-order valence-electron chi connectivity index (χ1n) is 12.6. The van der Waals surface area contributed by atoms with Gasteiger partial charge in [-0.3, -0.25) is 4.79 Å². The van der Waals surface area contributed by atoms with Crippen LogP contribution in [0.2, 0.25) is 0 Å². The summed E-state index contributed by atoms with van der Waals surface area (Å²) in [5.41, 5.74) is 2.90. The van der Waals surface area contributed by atoms with Crippen LogP contribution in [0.5, 0.6) is 5.75 Å². The number of esters is 1. The van der Waals surface area contributed by atoms with Gasteiger partial charge in [0.15, 0.2) is 0 Å². The van der Waals surface area contributed by atoms with Crippen LogP contribution in [0.25, 0.3) is 0 Å². The predicted octanol–water partition coefficient (Wildman–Crippen LogP) is 7.90. The standard InChI is InChI=1S/C28H48O3S/c1-8-10-12-16-27(4,5)23-18-22(14-15-25(29)31-20-21(3)32)19-24(26(23)30)28(6,7)17-13-11-9-2/h18-19,21,30,32H,8-17,20H2,1-7H3. The summed E-state index contributed by atoms with van der Waals surface area (Å²) < 4.78 is 5.31. The summed E-state index contributed by atoms with van der Waals surface area (Å²) in [7, 11) is 0. The molecule has 4 heteroatoms. The third-order valence-corrected chi connectivity index (χ3v) is 6.69. The molecule has 0 aliphatic rings. The number of hydrogen-bond acceptors (Lipinski definition) is 4. The Bertz CT molecular complexity index is 664. The van der Waals surface area contributed by atoms with Crippen LogP contribution < -0.4 is 0 Å². The normalized spacial score (nSPS) is 13.2. The SMILES string of the molecule is CCCCCC(C)(C)c1cc(CCC(=O)OCC(C)S)cc(C(C)(C)CCCCC)c1O. The van der Waals surface area contributed by atoms with Gasteiger partial charge >= 0.3 is 5.97 Å². The Morgan fingerprint density at radius 3 is 1.84 bits per heavy atom. The molecular formula is C28H48O3S. The third-order valence-electron chi connectivity index (χ3n) is 6.54. The van der Waals surface area contributed by atoms with E-state index in [0.717, 1.165) is 42.4 Å². The van der Waals surface area contributed by atoms with E-state index in [-0.39, 0.29) is 22.0 Å². The molecule has 1 unspecified atom stereocenters. The molecule has 0 saturated carbocycles. The molecule has 0 amide bonds. The van der Waals surface area contributed by atoms with Crippen molar-refractivity contribution in [1.82, 2.24) is 0 Å². The first kappa shape index (κ1) is 28.9. The Balaban J connectivity index is 3.24. The van der Waals surface area contributed by atoms with E-state index >= 15 is 0 Å². The number of rotatable bonds is 15. The van der Waals surface area contributed by atoms with Crippen LogP contribution >= 0.6 is 12.6 Å². The minimum absolute atomic E-state index is 0.0404. The molecule has 0 radical (unpaired) electrons. The zero-order valence-corrected chi connectivity index (χ0v) is 22.6. The summed E-state index contributed by atoms with van der Waals surface area (Å²) in [4.78, 5) is 12.2. The molecule has 3 nitrogen and oxygen atoms in total. The predicted molar refractivity (Wildman–Crippen MR) is 140 cm³/mol. The van der Waals surface area contributed by atoms with Gasteiger partial charge in [-0.05, 0) is 35.7 Å². The zero-order chi connectivity index (χ0) is 24.4. The average Bonchev–Trinajstić information content (AvgIpc) is 2.71. The second kappa shape index (κ2) is 13.5. The van der Waals surface area contributed by atoms with Crippen LogP contribution in [0.3, 0.4) is 0 Å². The molecule has 0 fully saturated rings. The van der Waals surface area contributed by atoms with Crippen molar-refractivity contribution in [3.8, 4) is 5.75 Å². The minimum Gasteiger partial charge on any atom is -0.507 e. The lowest BCUT2D eigenvalue weighted by atomic mass is 9.73. The average molecular weight is 465 g/mol. The fourth-order valence-corrected chi connectivity index (χ4v) is 4.38. The van der Waals surface area contributed by atoms with Gasteiger partial charge in [-0.2, -0.15) is 12.6 Å². The van der Waals surface area contributed by atoms with Crippen molar-refractivity contribution < 1.29 is 14.6 Å². The molecule has 1 rings (SSSR count). The first-order chi connectivity index (χ1) is 14.9. The molecule has 0 heterocycles. The van der Waals surface area contributed by atoms with Crippen LogP contribution in [0, 0.1) is 0 Å². The highest BCUT2D eigenvalue weighted by Gasteiger charge is 2.31. The van der Waals surface area contributed by atoms with E-state index in [1.807, 2.05) is 6.92 Å². The van der Waals surface area contributed by atoms with Gasteiger partial charge in [-0.25, -0.2) is 0 Å². The lowest BCUT2D eigenvalue weighted by molar-refractivity contribution is -0.143. The van der Waals surface area contributed by atoms with Crippen molar-refractivity contribution in [3.05, 3.63) is 28.8 Å². The zero-order valence-electron chi connectivity index (χ0n) is 21.7. The van der Waals surface area contributed by atoms with E-state index in [1.165, 1.54) is 25.7 Å². The second-order valence-corrected chi connectivity index (χ2v) is 11.6. The third kappa shape index (κ3) is 9.37. The number of unbranched alkanes of at least 4 members (excludes halogenated alkanes) is 4. The fourth-order valence-electron chi connectivity index (χ4n) is 4.31. The number of aryl methyl sites for hydroxylation is 1. The number of carbonyl (C=O) groups excluding carboxylic acids is 1. The molecule has 1 atom stereocenters. The van der Waals surface area contributed by atoms with Crippen molar-refractivity contribution in [2.75, 3.05) is 6.61 Å². The van der Waals surface area contributed by atoms with Gasteiger partial charge in [0.2, 0.25) is 0 Å². The number of thiol groups is 1. The number of hydrogen-bond donors (Lipinski definition) is 2. The van der Waals surface area contributed by atoms with Gasteiger partial charge in [0.05, 0.1) is 0 Å². The topological polar surface area (TPSA) is 46.5 Å². The highest BCUT2D eigenvalue weighted by molar-refractivity contribution is 7.80. The molecule has 0 saturated heterocycles. The summed E-state index contributed by atoms with van der Waals surface area (Å²) in [5.74, 6) is 0.259. The van der Waals surface area contributed by atoms with Gasteiger partial charge < -0.3 is 9.84 Å². The smallest absolute Gasteiger partial charge is 0.306 e. The molecule has 0 spiro atoms. The van der Waals surface area contributed by atoms with Crippen LogP contribution in [0.4, 0.5) is 0 Å². The molecule has 1 aromatic rings. The molecule has 0 aliphatic carbocycles. The van der Waals surface area contributed by atoms with Crippen molar-refractivity contribution in [2.24, 2.45) is 0 Å². The maximum absolute atomic E-state index is 12.2. The molecular weight excluding hydrogens is 416 g/mol. The van der Waals surface area contributed by atoms with Crippen molar-refractivity contribution >= 4 is 18.6 Å². The van der Waals surface area contributed by atoms with E-state index in [0.29, 0.717) is 25.2 Å². The number of aromatic hydroxyl groups is 1. The number of phenols is 1. The number of phenolic OH excluding ortho intramolecular Hbond substituents is 1. The van der Waals surface area contributed by atoms with Gasteiger partial charge in [-0.1, -0.05) is 99.1 Å². The maximum Gasteiger partial charge on any atom is 0.306 e. The summed E-state index contributed by atoms with van der Waals surface area (Å²) in [6, 6.07) is 4.25. The van der Waals surface area contributed by atoms with Crippen LogP contribution in [-0.4, -0.2) is 22.9 Å². The van der Waals surface area contributed by atoms with E-state index in [1.54, 1.807) is 0 Å². The Hall–Kier alpha value is -1.16. The molecule has 0 bridgehead atoms. The molecule has 184 valence electrons. The van der Waals surface area contributed by atoms with Crippen molar-refractivity contribution in [1.29, 1.82) is 0 Å². The summed E-state index contributed by atoms with van der Waals surface area (Å²) in [5, 5.41) is 11.5. The van der Waals surface area contributed by atoms with E-state index in [2.05, 4.69) is 66.3 Å². The Morgan fingerprint density at radius 2 is 1.44 bits per heavy atom. The van der Waals surface area contributed by atoms with Gasteiger partial charge in [0, 0.05) is 22.8 Å². The minimum atomic E-state index is -0.188. The number of benzene rings is 1. The van der Waals surface area contributed by atoms with E-state index in [4.69, 9.17) is 4.74 Å². The highest BCUT2D eigenvalue weighted by atomic mass is 32.1. The van der Waals surface area contributed by atoms with Crippen molar-refractivity contribution in [3.63, 3.8) is 0 Å². The van der Waals surface area contributed by atoms with Crippen LogP contribution in [0.1, 0.15) is 123 Å². The first-order valence-corrected chi connectivity index (χ1v) is 13.2. The molecule has 0 aliphatic heterocycles. The number of carbonyl (C=O) groups is 1. The second-order valence-electron chi connectivity index (χ2n) is 10.8. The van der Waals surface area contributed by atoms with Crippen LogP contribution in [0.15, 0.2) is 12.1 Å². The highest BCUT2D eigenvalue weighted by Crippen LogP contribution is 2.43. The number of ether oxygens (including phenoxy) is 1. The molecule has 1 aromatic carbocycles. The Labute approximate surface area is 203 Å². The lowest BCUT2D eigenvalue weighted by Gasteiger charge is -2.33. The fraction of sp³-hybridized carbons (Fsp3) is 0.750. The summed E-state index contributed by atoms with van der Waals surface area (Å²) in [6.45, 7) is 15.6. The van der Waals surface area contributed by atoms with Crippen molar-refractivity contribution in [2.45, 2.75) is 129 Å². The molecule has 32 heavy (non-hydrogen) atoms. The monoisotopic (exact) mass is 464 g/mol. The maximum atomic E-state index is 12.2. The van der Waals surface area contributed by atoms with Gasteiger partial charge in [0.1, 0.15) is 12.4 Å². The van der Waals surface area contributed by atoms with E-state index in [9.17, 15) is 9.90 Å². The van der Waals surface area contributed by atoms with Gasteiger partial charge in [0.25, 0.3) is 0 Å². The Morgan fingerprint density at radius 1 is 0.969 bits per heavy atom. The van der Waals surface area contributed by atoms with Gasteiger partial charge in [-0.15, -0.1) is 0 Å². The Kier molecular flexibility index (Phi) is 12.2. The van der Waals surface area contributed by atoms with Crippen LogP contribution in [-0.2, 0) is 26.8 Å². The van der Waals surface area contributed by atoms with E-state index < -0.39 is 0 Å². The lowest BCUT2D eigenvalue weighted by Crippen LogP contribution is -2.23. The summed E-state index contributed by atoms with van der Waals surface area (Å²) in [6.07, 6.45) is 10.1. The molecule has 1 N–H and O–H groups in total.